The van der Waals surface area contributed by atoms with Crippen LogP contribution in [-0.2, 0) is 16.1 Å². The van der Waals surface area contributed by atoms with Gasteiger partial charge in [-0.3, -0.25) is 4.79 Å². The van der Waals surface area contributed by atoms with Gasteiger partial charge in [0.2, 0.25) is 5.91 Å². The van der Waals surface area contributed by atoms with Crippen LogP contribution in [0.15, 0.2) is 24.3 Å². The maximum atomic E-state index is 13.2. The van der Waals surface area contributed by atoms with Crippen LogP contribution in [0, 0.1) is 11.7 Å². The number of nitrogens with zero attached hydrogens (tertiary/aromatic N) is 2. The van der Waals surface area contributed by atoms with Crippen LogP contribution >= 0.6 is 0 Å². The first-order valence-corrected chi connectivity index (χ1v) is 8.08. The number of fused-ring (bicyclic) bond motifs is 2. The van der Waals surface area contributed by atoms with E-state index in [-0.39, 0.29) is 42.4 Å². The van der Waals surface area contributed by atoms with E-state index in [2.05, 4.69) is 5.32 Å². The summed E-state index contributed by atoms with van der Waals surface area (Å²) >= 11 is 0. The van der Waals surface area contributed by atoms with Crippen molar-refractivity contribution in [3.05, 3.63) is 35.6 Å². The van der Waals surface area contributed by atoms with Gasteiger partial charge >= 0.3 is 6.03 Å². The predicted octanol–water partition coefficient (Wildman–Crippen LogP) is 1.21. The minimum atomic E-state index is -0.323. The summed E-state index contributed by atoms with van der Waals surface area (Å²) in [5.74, 6) is -0.466. The molecule has 0 saturated carbocycles. The molecule has 2 fully saturated rings. The number of ether oxygens (including phenoxy) is 1. The van der Waals surface area contributed by atoms with Crippen LogP contribution in [0.5, 0.6) is 0 Å². The molecule has 2 heterocycles. The first-order chi connectivity index (χ1) is 11.4. The second-order valence-corrected chi connectivity index (χ2v) is 6.57. The van der Waals surface area contributed by atoms with Gasteiger partial charge in [-0.2, -0.15) is 0 Å². The lowest BCUT2D eigenvalue weighted by Gasteiger charge is -2.33. The van der Waals surface area contributed by atoms with E-state index in [1.54, 1.807) is 36.0 Å². The Balaban J connectivity index is 1.57. The number of nitrogens with one attached hydrogen (secondary N) is 1. The molecule has 0 unspecified atom stereocenters. The zero-order valence-electron chi connectivity index (χ0n) is 13.9. The average Bonchev–Trinajstić information content (AvgIpc) is 2.85. The van der Waals surface area contributed by atoms with Crippen molar-refractivity contribution in [1.29, 1.82) is 0 Å². The topological polar surface area (TPSA) is 61.9 Å². The highest BCUT2D eigenvalue weighted by Crippen LogP contribution is 2.32. The quantitative estimate of drug-likeness (QED) is 0.903. The van der Waals surface area contributed by atoms with E-state index in [1.807, 2.05) is 0 Å². The number of hydrogen-bond donors (Lipinski definition) is 1. The lowest BCUT2D eigenvalue weighted by atomic mass is 9.99. The van der Waals surface area contributed by atoms with Crippen molar-refractivity contribution in [2.45, 2.75) is 25.2 Å². The molecule has 7 heteroatoms. The lowest BCUT2D eigenvalue weighted by molar-refractivity contribution is -0.135. The molecule has 0 aromatic heterocycles. The summed E-state index contributed by atoms with van der Waals surface area (Å²) in [7, 11) is 3.46. The highest BCUT2D eigenvalue weighted by atomic mass is 19.1. The van der Waals surface area contributed by atoms with Gasteiger partial charge in [-0.25, -0.2) is 9.18 Å². The van der Waals surface area contributed by atoms with Gasteiger partial charge in [0.05, 0.1) is 18.1 Å². The molecule has 2 saturated heterocycles. The van der Waals surface area contributed by atoms with E-state index in [0.717, 1.165) is 0 Å². The van der Waals surface area contributed by atoms with E-state index in [9.17, 15) is 14.0 Å². The fourth-order valence-electron chi connectivity index (χ4n) is 3.35. The molecule has 0 spiro atoms. The third-order valence-electron chi connectivity index (χ3n) is 4.54. The summed E-state index contributed by atoms with van der Waals surface area (Å²) in [4.78, 5) is 27.8. The van der Waals surface area contributed by atoms with Crippen LogP contribution in [0.1, 0.15) is 12.0 Å². The van der Waals surface area contributed by atoms with Gasteiger partial charge in [0, 0.05) is 33.7 Å². The van der Waals surface area contributed by atoms with Crippen molar-refractivity contribution in [3.63, 3.8) is 0 Å². The minimum Gasteiger partial charge on any atom is -0.370 e. The van der Waals surface area contributed by atoms with Gasteiger partial charge in [0.25, 0.3) is 0 Å². The zero-order valence-corrected chi connectivity index (χ0v) is 13.9. The molecule has 3 rings (SSSR count). The summed E-state index contributed by atoms with van der Waals surface area (Å²) in [6.45, 7) is 1.14. The molecule has 2 aliphatic rings. The molecule has 0 radical (unpaired) electrons. The Morgan fingerprint density at radius 2 is 2.17 bits per heavy atom. The summed E-state index contributed by atoms with van der Waals surface area (Å²) in [5.41, 5.74) is 0.709. The Kier molecular flexibility index (Phi) is 4.71. The normalized spacial score (nSPS) is 25.5. The zero-order chi connectivity index (χ0) is 17.3. The van der Waals surface area contributed by atoms with E-state index in [1.165, 1.54) is 12.1 Å². The summed E-state index contributed by atoms with van der Waals surface area (Å²) in [6, 6.07) is 5.93. The van der Waals surface area contributed by atoms with Crippen molar-refractivity contribution in [2.75, 3.05) is 27.2 Å². The summed E-state index contributed by atoms with van der Waals surface area (Å²) in [6.07, 6.45) is 0.297. The van der Waals surface area contributed by atoms with Crippen molar-refractivity contribution in [2.24, 2.45) is 5.92 Å². The predicted molar refractivity (Wildman–Crippen MR) is 85.7 cm³/mol. The molecule has 3 atom stereocenters. The van der Waals surface area contributed by atoms with Gasteiger partial charge in [-0.1, -0.05) is 12.1 Å². The lowest BCUT2D eigenvalue weighted by Crippen LogP contribution is -2.51. The van der Waals surface area contributed by atoms with Crippen molar-refractivity contribution >= 4 is 11.9 Å². The van der Waals surface area contributed by atoms with Crippen molar-refractivity contribution in [1.82, 2.24) is 15.1 Å². The number of halogens is 1. The molecule has 1 aromatic carbocycles. The van der Waals surface area contributed by atoms with E-state index >= 15 is 0 Å². The maximum Gasteiger partial charge on any atom is 0.317 e. The molecule has 130 valence electrons. The highest BCUT2D eigenvalue weighted by molar-refractivity contribution is 5.80. The molecule has 2 bridgehead atoms. The first kappa shape index (κ1) is 16.7. The number of carbonyl (C=O) groups is 2. The van der Waals surface area contributed by atoms with Crippen LogP contribution in [0.25, 0.3) is 0 Å². The Labute approximate surface area is 140 Å². The minimum absolute atomic E-state index is 0.0459. The number of hydrogen-bond acceptors (Lipinski definition) is 3. The Bertz CT molecular complexity index is 637. The third kappa shape index (κ3) is 3.51. The molecular weight excluding hydrogens is 313 g/mol. The standard InChI is InChI=1S/C17H22FN3O3/c1-20(2)16(22)14-7-13-9-21(10-15(14)24-13)17(23)19-8-11-4-3-5-12(18)6-11/h3-6,13-15H,7-10H2,1-2H3,(H,19,23)/t13-,14+,15-/m0/s1. The number of carbonyl (C=O) groups excluding carboxylic acids is 2. The average molecular weight is 335 g/mol. The van der Waals surface area contributed by atoms with Crippen molar-refractivity contribution < 1.29 is 18.7 Å². The number of morpholine rings is 1. The van der Waals surface area contributed by atoms with Gasteiger partial charge in [0.1, 0.15) is 5.82 Å². The maximum absolute atomic E-state index is 13.2. The number of urea groups is 1. The van der Waals surface area contributed by atoms with E-state index in [0.29, 0.717) is 25.1 Å². The Morgan fingerprint density at radius 1 is 1.38 bits per heavy atom. The molecular formula is C17H22FN3O3. The van der Waals surface area contributed by atoms with E-state index < -0.39 is 0 Å². The molecule has 2 aliphatic heterocycles. The van der Waals surface area contributed by atoms with Crippen LogP contribution in [0.3, 0.4) is 0 Å². The first-order valence-electron chi connectivity index (χ1n) is 8.08. The fourth-order valence-corrected chi connectivity index (χ4v) is 3.35. The van der Waals surface area contributed by atoms with Crippen LogP contribution in [0.4, 0.5) is 9.18 Å². The van der Waals surface area contributed by atoms with Gasteiger partial charge in [-0.15, -0.1) is 0 Å². The second-order valence-electron chi connectivity index (χ2n) is 6.57. The molecule has 1 N–H and O–H groups in total. The molecule has 1 aromatic rings. The van der Waals surface area contributed by atoms with E-state index in [4.69, 9.17) is 4.74 Å². The Hall–Kier alpha value is -2.15. The van der Waals surface area contributed by atoms with Gasteiger partial charge < -0.3 is 19.9 Å². The smallest absolute Gasteiger partial charge is 0.317 e. The molecule has 0 aliphatic carbocycles. The largest absolute Gasteiger partial charge is 0.370 e. The summed E-state index contributed by atoms with van der Waals surface area (Å²) in [5, 5.41) is 2.80. The third-order valence-corrected chi connectivity index (χ3v) is 4.54. The molecule has 24 heavy (non-hydrogen) atoms. The number of rotatable bonds is 3. The molecule has 3 amide bonds. The fraction of sp³-hybridized carbons (Fsp3) is 0.529. The van der Waals surface area contributed by atoms with Crippen LogP contribution in [-0.4, -0.2) is 61.1 Å². The second kappa shape index (κ2) is 6.76. The Morgan fingerprint density at radius 3 is 2.88 bits per heavy atom. The summed E-state index contributed by atoms with van der Waals surface area (Å²) < 4.78 is 19.0. The van der Waals surface area contributed by atoms with Crippen LogP contribution in [0.2, 0.25) is 0 Å². The van der Waals surface area contributed by atoms with Crippen molar-refractivity contribution in [3.8, 4) is 0 Å². The molecule has 6 nitrogen and oxygen atoms in total. The number of likely N-dealkylation sites (tertiary alicyclic amines) is 1. The monoisotopic (exact) mass is 335 g/mol. The number of benzene rings is 1. The van der Waals surface area contributed by atoms with Gasteiger partial charge in [0.15, 0.2) is 0 Å². The van der Waals surface area contributed by atoms with Gasteiger partial charge in [-0.05, 0) is 24.1 Å². The highest BCUT2D eigenvalue weighted by Gasteiger charge is 2.46. The van der Waals surface area contributed by atoms with Crippen LogP contribution < -0.4 is 5.32 Å². The number of amides is 3. The SMILES string of the molecule is CN(C)C(=O)[C@@H]1C[C@H]2CN(C(=O)NCc3cccc(F)c3)C[C@@H]1O2.